The number of anilines is 1. The number of pyridine rings is 1. The summed E-state index contributed by atoms with van der Waals surface area (Å²) < 4.78 is 32.5. The summed E-state index contributed by atoms with van der Waals surface area (Å²) in [6.45, 7) is 2.56. The molecule has 2 N–H and O–H groups in total. The van der Waals surface area contributed by atoms with Crippen LogP contribution < -0.4 is 15.6 Å². The molecule has 1 atom stereocenters. The Bertz CT molecular complexity index is 837. The molecule has 0 saturated carbocycles. The molecule has 1 aromatic heterocycles. The maximum atomic E-state index is 12.1. The van der Waals surface area contributed by atoms with Crippen LogP contribution in [0.4, 0.5) is 5.69 Å². The van der Waals surface area contributed by atoms with Gasteiger partial charge in [0.15, 0.2) is 0 Å². The fraction of sp³-hybridized carbons (Fsp3) is 0.438. The molecule has 1 aliphatic carbocycles. The summed E-state index contributed by atoms with van der Waals surface area (Å²) in [5.41, 5.74) is 2.56. The summed E-state index contributed by atoms with van der Waals surface area (Å²) in [7, 11) is -0.171. The van der Waals surface area contributed by atoms with E-state index < -0.39 is 10.0 Å². The van der Waals surface area contributed by atoms with E-state index in [2.05, 4.69) is 10.0 Å². The van der Waals surface area contributed by atoms with Crippen LogP contribution in [0.3, 0.4) is 0 Å². The molecule has 0 aromatic carbocycles. The van der Waals surface area contributed by atoms with Gasteiger partial charge in [-0.05, 0) is 36.6 Å². The smallest absolute Gasteiger partial charge is 0.273 e. The van der Waals surface area contributed by atoms with E-state index in [1.54, 1.807) is 25.4 Å². The number of aromatic nitrogens is 1. The topological polar surface area (TPSA) is 89.4 Å². The van der Waals surface area contributed by atoms with Crippen molar-refractivity contribution in [3.63, 3.8) is 0 Å². The van der Waals surface area contributed by atoms with Crippen molar-refractivity contribution in [2.24, 2.45) is 7.05 Å². The predicted molar refractivity (Wildman–Crippen MR) is 95.3 cm³/mol. The summed E-state index contributed by atoms with van der Waals surface area (Å²) in [5.74, 6) is 0. The van der Waals surface area contributed by atoms with E-state index in [1.807, 2.05) is 13.0 Å². The normalized spacial score (nSPS) is 17.9. The zero-order valence-electron chi connectivity index (χ0n) is 14.3. The molecule has 0 amide bonds. The lowest BCUT2D eigenvalue weighted by Gasteiger charge is -2.23. The third kappa shape index (κ3) is 4.27. The van der Waals surface area contributed by atoms with Gasteiger partial charge in [-0.1, -0.05) is 6.08 Å². The number of hydrogen-bond donors (Lipinski definition) is 2. The highest BCUT2D eigenvalue weighted by Crippen LogP contribution is 2.26. The molecule has 132 valence electrons. The number of nitrogens with zero attached hydrogens (tertiary/aromatic N) is 1. The highest BCUT2D eigenvalue weighted by molar-refractivity contribution is 7.88. The van der Waals surface area contributed by atoms with E-state index in [4.69, 9.17) is 4.74 Å². The number of nitrogens with one attached hydrogen (secondary N) is 2. The largest absolute Gasteiger partial charge is 0.381 e. The lowest BCUT2D eigenvalue weighted by Crippen LogP contribution is -2.31. The molecule has 0 saturated heterocycles. The van der Waals surface area contributed by atoms with Gasteiger partial charge in [-0.25, -0.2) is 8.42 Å². The fourth-order valence-corrected chi connectivity index (χ4v) is 3.22. The molecule has 2 rings (SSSR count). The first kappa shape index (κ1) is 18.3. The Hall–Kier alpha value is -2.06. The Balaban J connectivity index is 2.45. The molecule has 0 bridgehead atoms. The van der Waals surface area contributed by atoms with Gasteiger partial charge in [0.05, 0.1) is 12.0 Å². The van der Waals surface area contributed by atoms with Gasteiger partial charge in [0.2, 0.25) is 10.0 Å². The van der Waals surface area contributed by atoms with Crippen molar-refractivity contribution in [3.05, 3.63) is 46.0 Å². The number of rotatable bonds is 6. The summed E-state index contributed by atoms with van der Waals surface area (Å²) in [6.07, 6.45) is 6.75. The summed E-state index contributed by atoms with van der Waals surface area (Å²) in [4.78, 5) is 12.1. The third-order valence-corrected chi connectivity index (χ3v) is 4.29. The van der Waals surface area contributed by atoms with Crippen LogP contribution in [0, 0.1) is 0 Å². The van der Waals surface area contributed by atoms with E-state index in [1.165, 1.54) is 11.7 Å². The van der Waals surface area contributed by atoms with Gasteiger partial charge in [0, 0.05) is 26.9 Å². The lowest BCUT2D eigenvalue weighted by atomic mass is 9.97. The Kier molecular flexibility index (Phi) is 5.51. The first-order valence-corrected chi connectivity index (χ1v) is 9.51. The van der Waals surface area contributed by atoms with Crippen molar-refractivity contribution in [2.45, 2.75) is 19.4 Å². The van der Waals surface area contributed by atoms with Crippen molar-refractivity contribution in [1.82, 2.24) is 9.29 Å². The van der Waals surface area contributed by atoms with E-state index in [-0.39, 0.29) is 11.7 Å². The van der Waals surface area contributed by atoms with Crippen molar-refractivity contribution >= 4 is 21.3 Å². The van der Waals surface area contributed by atoms with Crippen LogP contribution in [-0.2, 0) is 21.8 Å². The van der Waals surface area contributed by atoms with E-state index in [9.17, 15) is 13.2 Å². The molecular formula is C16H23N3O4S. The second-order valence-corrected chi connectivity index (χ2v) is 7.43. The van der Waals surface area contributed by atoms with Crippen molar-refractivity contribution in [2.75, 3.05) is 25.2 Å². The van der Waals surface area contributed by atoms with Crippen LogP contribution in [0.1, 0.15) is 18.9 Å². The highest BCUT2D eigenvalue weighted by atomic mass is 32.2. The number of ether oxygens (including phenoxy) is 1. The van der Waals surface area contributed by atoms with E-state index in [0.717, 1.165) is 17.4 Å². The average molecular weight is 353 g/mol. The zero-order chi connectivity index (χ0) is 17.9. The molecule has 7 nitrogen and oxygen atoms in total. The van der Waals surface area contributed by atoms with Gasteiger partial charge in [-0.3, -0.25) is 9.52 Å². The Morgan fingerprint density at radius 2 is 2.12 bits per heavy atom. The average Bonchev–Trinajstić information content (AvgIpc) is 2.50. The molecule has 1 heterocycles. The first-order chi connectivity index (χ1) is 11.2. The monoisotopic (exact) mass is 353 g/mol. The molecule has 0 fully saturated rings. The maximum absolute atomic E-state index is 12.1. The highest BCUT2D eigenvalue weighted by Gasteiger charge is 2.21. The van der Waals surface area contributed by atoms with Crippen LogP contribution >= 0.6 is 0 Å². The second kappa shape index (κ2) is 7.23. The van der Waals surface area contributed by atoms with Gasteiger partial charge < -0.3 is 14.6 Å². The number of sulfonamides is 1. The number of hydrogen-bond acceptors (Lipinski definition) is 5. The number of allylic oxidation sites excluding steroid dienone is 2. The summed E-state index contributed by atoms with van der Waals surface area (Å²) >= 11 is 0. The number of methoxy groups -OCH3 is 1. The minimum Gasteiger partial charge on any atom is -0.381 e. The molecule has 1 unspecified atom stereocenters. The SMILES string of the molecule is CCNc1cc(C2=CCC(OC)C(NS(C)(=O)=O)=C2)cn(C)c1=O. The molecular weight excluding hydrogens is 330 g/mol. The van der Waals surface area contributed by atoms with Crippen molar-refractivity contribution in [3.8, 4) is 0 Å². The summed E-state index contributed by atoms with van der Waals surface area (Å²) in [6, 6.07) is 1.78. The minimum atomic E-state index is -3.40. The lowest BCUT2D eigenvalue weighted by molar-refractivity contribution is 0.130. The van der Waals surface area contributed by atoms with Gasteiger partial charge >= 0.3 is 0 Å². The Morgan fingerprint density at radius 1 is 1.42 bits per heavy atom. The molecule has 1 aromatic rings. The van der Waals surface area contributed by atoms with E-state index >= 15 is 0 Å². The number of aryl methyl sites for hydroxylation is 1. The van der Waals surface area contributed by atoms with Gasteiger partial charge in [-0.15, -0.1) is 0 Å². The van der Waals surface area contributed by atoms with Crippen LogP contribution in [0.25, 0.3) is 5.57 Å². The van der Waals surface area contributed by atoms with Gasteiger partial charge in [-0.2, -0.15) is 0 Å². The molecule has 0 radical (unpaired) electrons. The maximum Gasteiger partial charge on any atom is 0.273 e. The van der Waals surface area contributed by atoms with Crippen LogP contribution in [0.5, 0.6) is 0 Å². The zero-order valence-corrected chi connectivity index (χ0v) is 15.1. The molecule has 0 aliphatic heterocycles. The standard InChI is InChI=1S/C16H23N3O4S/c1-5-17-14-9-12(10-19(2)16(14)20)11-6-7-15(23-3)13(8-11)18-24(4,21)22/h6,8-10,15,17-18H,5,7H2,1-4H3. The predicted octanol–water partition coefficient (Wildman–Crippen LogP) is 1.05. The molecule has 1 aliphatic rings. The van der Waals surface area contributed by atoms with Crippen molar-refractivity contribution < 1.29 is 13.2 Å². The Labute approximate surface area is 142 Å². The first-order valence-electron chi connectivity index (χ1n) is 7.62. The minimum absolute atomic E-state index is 0.106. The van der Waals surface area contributed by atoms with Gasteiger partial charge in [0.25, 0.3) is 5.56 Å². The Morgan fingerprint density at radius 3 is 2.71 bits per heavy atom. The summed E-state index contributed by atoms with van der Waals surface area (Å²) in [5, 5.41) is 3.05. The molecule has 24 heavy (non-hydrogen) atoms. The molecule has 8 heteroatoms. The van der Waals surface area contributed by atoms with Crippen LogP contribution in [-0.4, -0.2) is 39.0 Å². The quantitative estimate of drug-likeness (QED) is 0.798. The second-order valence-electron chi connectivity index (χ2n) is 5.68. The van der Waals surface area contributed by atoms with Crippen LogP contribution in [0.15, 0.2) is 34.9 Å². The third-order valence-electron chi connectivity index (χ3n) is 3.68. The van der Waals surface area contributed by atoms with Gasteiger partial charge in [0.1, 0.15) is 11.8 Å². The molecule has 0 spiro atoms. The van der Waals surface area contributed by atoms with E-state index in [0.29, 0.717) is 24.4 Å². The van der Waals surface area contributed by atoms with Crippen LogP contribution in [0.2, 0.25) is 0 Å². The van der Waals surface area contributed by atoms with Crippen molar-refractivity contribution in [1.29, 1.82) is 0 Å². The fourth-order valence-electron chi connectivity index (χ4n) is 2.60.